The van der Waals surface area contributed by atoms with Crippen molar-refractivity contribution >= 4 is 5.91 Å². The smallest absolute Gasteiger partial charge is 0.220 e. The summed E-state index contributed by atoms with van der Waals surface area (Å²) >= 11 is 0. The van der Waals surface area contributed by atoms with Gasteiger partial charge in [-0.1, -0.05) is 237 Å². The van der Waals surface area contributed by atoms with Gasteiger partial charge in [0.15, 0.2) is 6.29 Å². The van der Waals surface area contributed by atoms with Crippen LogP contribution in [0.3, 0.4) is 0 Å². The molecule has 0 saturated carbocycles. The number of aliphatic hydroxyl groups excluding tert-OH is 5. The highest BCUT2D eigenvalue weighted by Gasteiger charge is 2.44. The number of ether oxygens (including phenoxy) is 2. The lowest BCUT2D eigenvalue weighted by Crippen LogP contribution is -2.60. The molecule has 1 heterocycles. The lowest BCUT2D eigenvalue weighted by Gasteiger charge is -2.40. The molecule has 7 atom stereocenters. The van der Waals surface area contributed by atoms with Crippen molar-refractivity contribution in [3.8, 4) is 0 Å². The van der Waals surface area contributed by atoms with E-state index in [1.165, 1.54) is 186 Å². The lowest BCUT2D eigenvalue weighted by atomic mass is 9.99. The summed E-state index contributed by atoms with van der Waals surface area (Å²) in [6, 6.07) is -0.807. The highest BCUT2D eigenvalue weighted by atomic mass is 16.7. The normalized spacial score (nSPS) is 20.1. The van der Waals surface area contributed by atoms with Gasteiger partial charge in [-0.3, -0.25) is 4.79 Å². The molecule has 9 heteroatoms. The summed E-state index contributed by atoms with van der Waals surface area (Å²) in [5.41, 5.74) is 0. The lowest BCUT2D eigenvalue weighted by molar-refractivity contribution is -0.302. The number of hydrogen-bond acceptors (Lipinski definition) is 8. The first-order chi connectivity index (χ1) is 31.3. The summed E-state index contributed by atoms with van der Waals surface area (Å²) in [7, 11) is 0. The zero-order chi connectivity index (χ0) is 46.6. The predicted molar refractivity (Wildman–Crippen MR) is 267 cm³/mol. The highest BCUT2D eigenvalue weighted by Crippen LogP contribution is 2.23. The van der Waals surface area contributed by atoms with Crippen molar-refractivity contribution in [1.29, 1.82) is 0 Å². The van der Waals surface area contributed by atoms with Gasteiger partial charge in [0.25, 0.3) is 0 Å². The van der Waals surface area contributed by atoms with Crippen LogP contribution in [0.25, 0.3) is 0 Å². The van der Waals surface area contributed by atoms with Gasteiger partial charge in [0.1, 0.15) is 24.4 Å². The largest absolute Gasteiger partial charge is 0.394 e. The Morgan fingerprint density at radius 3 is 1.27 bits per heavy atom. The van der Waals surface area contributed by atoms with Crippen LogP contribution in [0.4, 0.5) is 0 Å². The monoisotopic (exact) mass is 908 g/mol. The number of amides is 1. The summed E-state index contributed by atoms with van der Waals surface area (Å²) in [5, 5.41) is 54.4. The van der Waals surface area contributed by atoms with E-state index in [2.05, 4.69) is 31.3 Å². The first-order valence-electron chi connectivity index (χ1n) is 27.6. The third-order valence-corrected chi connectivity index (χ3v) is 13.3. The molecule has 64 heavy (non-hydrogen) atoms. The zero-order valence-electron chi connectivity index (χ0n) is 41.8. The number of unbranched alkanes of at least 4 members (excludes halogenated alkanes) is 35. The van der Waals surface area contributed by atoms with Crippen LogP contribution >= 0.6 is 0 Å². The second kappa shape index (κ2) is 45.5. The standard InChI is InChI=1S/C55H105NO8/c1-3-5-7-9-11-13-15-17-19-20-21-22-23-24-25-26-27-28-29-31-32-34-36-38-40-42-44-49(58)48(47-63-55-54(62)53(61)52(60)50(46-57)64-55)56-51(59)45-43-41-39-37-35-33-30-18-16-14-12-10-8-6-4-2/h18,30,42,44,48-50,52-55,57-58,60-62H,3-17,19-29,31-41,43,45-47H2,1-2H3,(H,56,59)/b30-18-,44-42+. The molecule has 1 aliphatic rings. The van der Waals surface area contributed by atoms with Crippen molar-refractivity contribution in [1.82, 2.24) is 5.32 Å². The number of aliphatic hydroxyl groups is 5. The molecular weight excluding hydrogens is 803 g/mol. The maximum absolute atomic E-state index is 13.0. The molecule has 1 amide bonds. The number of hydrogen-bond donors (Lipinski definition) is 6. The Morgan fingerprint density at radius 2 is 0.875 bits per heavy atom. The first-order valence-corrected chi connectivity index (χ1v) is 27.6. The molecule has 0 aromatic rings. The number of allylic oxidation sites excluding steroid dienone is 3. The van der Waals surface area contributed by atoms with Gasteiger partial charge in [-0.05, 0) is 44.9 Å². The summed E-state index contributed by atoms with van der Waals surface area (Å²) in [4.78, 5) is 13.0. The van der Waals surface area contributed by atoms with Crippen molar-refractivity contribution in [3.63, 3.8) is 0 Å². The second-order valence-corrected chi connectivity index (χ2v) is 19.4. The molecule has 1 fully saturated rings. The van der Waals surface area contributed by atoms with Gasteiger partial charge in [-0.15, -0.1) is 0 Å². The summed E-state index contributed by atoms with van der Waals surface area (Å²) < 4.78 is 11.2. The maximum Gasteiger partial charge on any atom is 0.220 e. The zero-order valence-corrected chi connectivity index (χ0v) is 41.8. The third kappa shape index (κ3) is 34.9. The van der Waals surface area contributed by atoms with Gasteiger partial charge < -0.3 is 40.3 Å². The Kier molecular flexibility index (Phi) is 43.1. The van der Waals surface area contributed by atoms with E-state index in [0.717, 1.165) is 57.8 Å². The fraction of sp³-hybridized carbons (Fsp3) is 0.909. The van der Waals surface area contributed by atoms with E-state index >= 15 is 0 Å². The highest BCUT2D eigenvalue weighted by molar-refractivity contribution is 5.76. The van der Waals surface area contributed by atoms with Crippen molar-refractivity contribution in [2.45, 2.75) is 307 Å². The van der Waals surface area contributed by atoms with Gasteiger partial charge in [0.05, 0.1) is 25.4 Å². The molecule has 0 radical (unpaired) electrons. The van der Waals surface area contributed by atoms with E-state index in [0.29, 0.717) is 6.42 Å². The molecular formula is C55H105NO8. The van der Waals surface area contributed by atoms with Crippen LogP contribution in [0.15, 0.2) is 24.3 Å². The first kappa shape index (κ1) is 60.7. The molecule has 0 spiro atoms. The second-order valence-electron chi connectivity index (χ2n) is 19.4. The number of carbonyl (C=O) groups is 1. The van der Waals surface area contributed by atoms with Gasteiger partial charge in [0, 0.05) is 6.42 Å². The van der Waals surface area contributed by atoms with Crippen molar-refractivity contribution in [3.05, 3.63) is 24.3 Å². The molecule has 7 unspecified atom stereocenters. The van der Waals surface area contributed by atoms with E-state index in [9.17, 15) is 30.3 Å². The van der Waals surface area contributed by atoms with Crippen LogP contribution in [0.2, 0.25) is 0 Å². The van der Waals surface area contributed by atoms with Gasteiger partial charge in [0.2, 0.25) is 5.91 Å². The molecule has 0 aromatic carbocycles. The number of carbonyl (C=O) groups excluding carboxylic acids is 1. The van der Waals surface area contributed by atoms with Crippen molar-refractivity contribution in [2.24, 2.45) is 0 Å². The van der Waals surface area contributed by atoms with E-state index in [1.807, 2.05) is 6.08 Å². The molecule has 0 aliphatic carbocycles. The van der Waals surface area contributed by atoms with Crippen LogP contribution in [0, 0.1) is 0 Å². The molecule has 1 rings (SSSR count). The average Bonchev–Trinajstić information content (AvgIpc) is 3.29. The SMILES string of the molecule is CCCCCCCC/C=C\CCCCCCCC(=O)NC(COC1OC(CO)C(O)C(O)C1O)C(O)/C=C/CCCCCCCCCCCCCCCCCCCCCCCCCC. The van der Waals surface area contributed by atoms with Crippen molar-refractivity contribution in [2.75, 3.05) is 13.2 Å². The minimum atomic E-state index is -1.57. The molecule has 0 aromatic heterocycles. The van der Waals surface area contributed by atoms with Crippen LogP contribution < -0.4 is 5.32 Å². The van der Waals surface area contributed by atoms with Crippen LogP contribution in [0.1, 0.15) is 264 Å². The number of nitrogens with one attached hydrogen (secondary N) is 1. The third-order valence-electron chi connectivity index (χ3n) is 13.3. The molecule has 6 N–H and O–H groups in total. The van der Waals surface area contributed by atoms with Crippen LogP contribution in [-0.4, -0.2) is 87.5 Å². The summed E-state index contributed by atoms with van der Waals surface area (Å²) in [5.74, 6) is -0.183. The van der Waals surface area contributed by atoms with Crippen LogP contribution in [0.5, 0.6) is 0 Å². The summed E-state index contributed by atoms with van der Waals surface area (Å²) in [6.45, 7) is 3.79. The fourth-order valence-electron chi connectivity index (χ4n) is 8.86. The van der Waals surface area contributed by atoms with Crippen LogP contribution in [-0.2, 0) is 14.3 Å². The quantitative estimate of drug-likeness (QED) is 0.0261. The Labute approximate surface area is 394 Å². The Balaban J connectivity index is 2.23. The average molecular weight is 908 g/mol. The Hall–Kier alpha value is -1.33. The molecule has 378 valence electrons. The Morgan fingerprint density at radius 1 is 0.516 bits per heavy atom. The summed E-state index contributed by atoms with van der Waals surface area (Å²) in [6.07, 6.45) is 49.6. The molecule has 1 aliphatic heterocycles. The predicted octanol–water partition coefficient (Wildman–Crippen LogP) is 13.0. The Bertz CT molecular complexity index is 1060. The van der Waals surface area contributed by atoms with E-state index in [4.69, 9.17) is 9.47 Å². The topological polar surface area (TPSA) is 149 Å². The van der Waals surface area contributed by atoms with E-state index < -0.39 is 49.5 Å². The van der Waals surface area contributed by atoms with Crippen molar-refractivity contribution < 1.29 is 39.8 Å². The van der Waals surface area contributed by atoms with Gasteiger partial charge in [-0.2, -0.15) is 0 Å². The van der Waals surface area contributed by atoms with E-state index in [1.54, 1.807) is 6.08 Å². The fourth-order valence-corrected chi connectivity index (χ4v) is 8.86. The minimum absolute atomic E-state index is 0.183. The minimum Gasteiger partial charge on any atom is -0.394 e. The molecule has 1 saturated heterocycles. The van der Waals surface area contributed by atoms with Gasteiger partial charge >= 0.3 is 0 Å². The van der Waals surface area contributed by atoms with E-state index in [-0.39, 0.29) is 12.5 Å². The maximum atomic E-state index is 13.0. The van der Waals surface area contributed by atoms with Gasteiger partial charge in [-0.25, -0.2) is 0 Å². The molecule has 9 nitrogen and oxygen atoms in total. The number of rotatable bonds is 47. The molecule has 0 bridgehead atoms.